The van der Waals surface area contributed by atoms with Gasteiger partial charge < -0.3 is 14.8 Å². The van der Waals surface area contributed by atoms with Gasteiger partial charge in [0.05, 0.1) is 11.6 Å². The van der Waals surface area contributed by atoms with Gasteiger partial charge in [-0.05, 0) is 38.1 Å². The van der Waals surface area contributed by atoms with Crippen LogP contribution in [-0.2, 0) is 0 Å². The molecule has 2 rings (SSSR count). The summed E-state index contributed by atoms with van der Waals surface area (Å²) in [5, 5.41) is 12.0. The van der Waals surface area contributed by atoms with Crippen LogP contribution in [0.2, 0.25) is 0 Å². The molecule has 2 N–H and O–H groups in total. The first kappa shape index (κ1) is 12.2. The summed E-state index contributed by atoms with van der Waals surface area (Å²) in [7, 11) is 0. The minimum atomic E-state index is -0.970. The lowest BCUT2D eigenvalue weighted by atomic mass is 10.2. The Hall–Kier alpha value is -2.30. The molecule has 2 heterocycles. The SMILES string of the molecule is Cc1ccc(C(C)Nc2cc(C(=O)O)ccn2)o1. The Kier molecular flexibility index (Phi) is 3.32. The van der Waals surface area contributed by atoms with E-state index in [1.807, 2.05) is 26.0 Å². The summed E-state index contributed by atoms with van der Waals surface area (Å²) in [6, 6.07) is 6.64. The number of aromatic nitrogens is 1. The van der Waals surface area contributed by atoms with Gasteiger partial charge in [0.1, 0.15) is 17.3 Å². The van der Waals surface area contributed by atoms with Crippen molar-refractivity contribution in [1.29, 1.82) is 0 Å². The quantitative estimate of drug-likeness (QED) is 0.867. The van der Waals surface area contributed by atoms with Gasteiger partial charge in [-0.25, -0.2) is 9.78 Å². The standard InChI is InChI=1S/C13H14N2O3/c1-8-3-4-11(18-8)9(2)15-12-7-10(13(16)17)5-6-14-12/h3-7,9H,1-2H3,(H,14,15)(H,16,17). The van der Waals surface area contributed by atoms with Crippen LogP contribution in [0, 0.1) is 6.92 Å². The molecule has 2 aromatic heterocycles. The van der Waals surface area contributed by atoms with Gasteiger partial charge in [-0.2, -0.15) is 0 Å². The van der Waals surface area contributed by atoms with Gasteiger partial charge in [0, 0.05) is 6.20 Å². The Balaban J connectivity index is 2.14. The van der Waals surface area contributed by atoms with Gasteiger partial charge in [0.2, 0.25) is 0 Å². The molecule has 0 saturated carbocycles. The van der Waals surface area contributed by atoms with Crippen molar-refractivity contribution in [2.45, 2.75) is 19.9 Å². The molecule has 94 valence electrons. The van der Waals surface area contributed by atoms with Gasteiger partial charge in [0.25, 0.3) is 0 Å². The summed E-state index contributed by atoms with van der Waals surface area (Å²) in [6.07, 6.45) is 1.46. The second kappa shape index (κ2) is 4.91. The smallest absolute Gasteiger partial charge is 0.335 e. The summed E-state index contributed by atoms with van der Waals surface area (Å²) in [5.41, 5.74) is 0.204. The van der Waals surface area contributed by atoms with E-state index >= 15 is 0 Å². The van der Waals surface area contributed by atoms with Crippen LogP contribution in [0.3, 0.4) is 0 Å². The average molecular weight is 246 g/mol. The first-order chi connectivity index (χ1) is 8.56. The Morgan fingerprint density at radius 3 is 2.83 bits per heavy atom. The largest absolute Gasteiger partial charge is 0.478 e. The highest BCUT2D eigenvalue weighted by molar-refractivity contribution is 5.88. The summed E-state index contributed by atoms with van der Waals surface area (Å²) in [6.45, 7) is 3.80. The number of nitrogens with one attached hydrogen (secondary N) is 1. The number of aryl methyl sites for hydroxylation is 1. The molecule has 1 unspecified atom stereocenters. The molecule has 0 saturated heterocycles. The number of pyridine rings is 1. The summed E-state index contributed by atoms with van der Waals surface area (Å²) < 4.78 is 5.49. The number of carboxylic acid groups (broad SMARTS) is 1. The Morgan fingerprint density at radius 2 is 2.22 bits per heavy atom. The number of anilines is 1. The number of nitrogens with zero attached hydrogens (tertiary/aromatic N) is 1. The van der Waals surface area contributed by atoms with E-state index in [-0.39, 0.29) is 11.6 Å². The van der Waals surface area contributed by atoms with Crippen molar-refractivity contribution in [2.75, 3.05) is 5.32 Å². The maximum atomic E-state index is 10.8. The number of carbonyl (C=O) groups is 1. The van der Waals surface area contributed by atoms with E-state index in [0.29, 0.717) is 5.82 Å². The monoisotopic (exact) mass is 246 g/mol. The maximum Gasteiger partial charge on any atom is 0.335 e. The molecule has 5 nitrogen and oxygen atoms in total. The fourth-order valence-corrected chi connectivity index (χ4v) is 1.62. The molecule has 0 aliphatic carbocycles. The Morgan fingerprint density at radius 1 is 1.44 bits per heavy atom. The second-order valence-electron chi connectivity index (χ2n) is 4.05. The zero-order valence-corrected chi connectivity index (χ0v) is 10.2. The Bertz CT molecular complexity index is 563. The van der Waals surface area contributed by atoms with E-state index < -0.39 is 5.97 Å². The molecular formula is C13H14N2O3. The van der Waals surface area contributed by atoms with Crippen molar-refractivity contribution in [3.63, 3.8) is 0 Å². The number of rotatable bonds is 4. The van der Waals surface area contributed by atoms with Crippen LogP contribution < -0.4 is 5.32 Å². The molecule has 0 amide bonds. The van der Waals surface area contributed by atoms with Crippen LogP contribution >= 0.6 is 0 Å². The second-order valence-corrected chi connectivity index (χ2v) is 4.05. The molecule has 18 heavy (non-hydrogen) atoms. The van der Waals surface area contributed by atoms with Crippen LogP contribution in [-0.4, -0.2) is 16.1 Å². The van der Waals surface area contributed by atoms with Crippen LogP contribution in [0.1, 0.15) is 34.8 Å². The molecule has 0 radical (unpaired) electrons. The van der Waals surface area contributed by atoms with Crippen molar-refractivity contribution >= 4 is 11.8 Å². The number of hydrogen-bond acceptors (Lipinski definition) is 4. The van der Waals surface area contributed by atoms with Gasteiger partial charge in [0.15, 0.2) is 0 Å². The third kappa shape index (κ3) is 2.68. The van der Waals surface area contributed by atoms with Crippen molar-refractivity contribution in [2.24, 2.45) is 0 Å². The highest BCUT2D eigenvalue weighted by Crippen LogP contribution is 2.20. The van der Waals surface area contributed by atoms with Crippen molar-refractivity contribution in [3.8, 4) is 0 Å². The third-order valence-corrected chi connectivity index (χ3v) is 2.56. The van der Waals surface area contributed by atoms with E-state index in [0.717, 1.165) is 11.5 Å². The van der Waals surface area contributed by atoms with Crippen molar-refractivity contribution in [3.05, 3.63) is 47.5 Å². The molecule has 0 fully saturated rings. The molecule has 0 aromatic carbocycles. The van der Waals surface area contributed by atoms with E-state index in [1.54, 1.807) is 0 Å². The number of hydrogen-bond donors (Lipinski definition) is 2. The molecule has 1 atom stereocenters. The highest BCUT2D eigenvalue weighted by atomic mass is 16.4. The van der Waals surface area contributed by atoms with Crippen LogP contribution in [0.5, 0.6) is 0 Å². The summed E-state index contributed by atoms with van der Waals surface area (Å²) in [4.78, 5) is 14.9. The number of aromatic carboxylic acids is 1. The molecule has 2 aromatic rings. The zero-order valence-electron chi connectivity index (χ0n) is 10.2. The fraction of sp³-hybridized carbons (Fsp3) is 0.231. The summed E-state index contributed by atoms with van der Waals surface area (Å²) in [5.74, 6) is 1.17. The maximum absolute atomic E-state index is 10.8. The molecule has 0 aliphatic rings. The topological polar surface area (TPSA) is 75.4 Å². The first-order valence-electron chi connectivity index (χ1n) is 5.58. The lowest BCUT2D eigenvalue weighted by molar-refractivity contribution is 0.0697. The minimum absolute atomic E-state index is 0.0738. The zero-order chi connectivity index (χ0) is 13.1. The van der Waals surface area contributed by atoms with E-state index in [9.17, 15) is 4.79 Å². The van der Waals surface area contributed by atoms with Crippen molar-refractivity contribution in [1.82, 2.24) is 4.98 Å². The molecule has 0 spiro atoms. The van der Waals surface area contributed by atoms with E-state index in [1.165, 1.54) is 18.3 Å². The van der Waals surface area contributed by atoms with Crippen LogP contribution in [0.25, 0.3) is 0 Å². The lowest BCUT2D eigenvalue weighted by Crippen LogP contribution is -2.08. The predicted octanol–water partition coefficient (Wildman–Crippen LogP) is 2.85. The number of furan rings is 1. The van der Waals surface area contributed by atoms with Gasteiger partial charge >= 0.3 is 5.97 Å². The fourth-order valence-electron chi connectivity index (χ4n) is 1.62. The molecule has 0 bridgehead atoms. The van der Waals surface area contributed by atoms with Gasteiger partial charge in [-0.3, -0.25) is 0 Å². The van der Waals surface area contributed by atoms with Gasteiger partial charge in [-0.1, -0.05) is 0 Å². The average Bonchev–Trinajstić information content (AvgIpc) is 2.76. The normalized spacial score (nSPS) is 12.1. The van der Waals surface area contributed by atoms with Crippen molar-refractivity contribution < 1.29 is 14.3 Å². The molecule has 0 aliphatic heterocycles. The first-order valence-corrected chi connectivity index (χ1v) is 5.58. The lowest BCUT2D eigenvalue weighted by Gasteiger charge is -2.12. The minimum Gasteiger partial charge on any atom is -0.478 e. The highest BCUT2D eigenvalue weighted by Gasteiger charge is 2.11. The van der Waals surface area contributed by atoms with Crippen LogP contribution in [0.15, 0.2) is 34.9 Å². The number of carboxylic acids is 1. The Labute approximate surface area is 104 Å². The van der Waals surface area contributed by atoms with Crippen LogP contribution in [0.4, 0.5) is 5.82 Å². The van der Waals surface area contributed by atoms with E-state index in [2.05, 4.69) is 10.3 Å². The van der Waals surface area contributed by atoms with Gasteiger partial charge in [-0.15, -0.1) is 0 Å². The third-order valence-electron chi connectivity index (χ3n) is 2.56. The summed E-state index contributed by atoms with van der Waals surface area (Å²) >= 11 is 0. The predicted molar refractivity (Wildman–Crippen MR) is 66.7 cm³/mol. The molecular weight excluding hydrogens is 232 g/mol. The molecule has 5 heteroatoms. The van der Waals surface area contributed by atoms with E-state index in [4.69, 9.17) is 9.52 Å².